The van der Waals surface area contributed by atoms with Crippen molar-refractivity contribution < 1.29 is 28.5 Å². The molecular formula is C26H25F2N3O4. The van der Waals surface area contributed by atoms with Crippen molar-refractivity contribution in [1.82, 2.24) is 14.4 Å². The summed E-state index contributed by atoms with van der Waals surface area (Å²) < 4.78 is 35.2. The molecule has 9 heteroatoms. The molecule has 2 atom stereocenters. The Bertz CT molecular complexity index is 1350. The summed E-state index contributed by atoms with van der Waals surface area (Å²) in [4.78, 5) is 21.7. The Hall–Kier alpha value is -3.69. The highest BCUT2D eigenvalue weighted by Gasteiger charge is 2.22. The molecule has 4 aromatic rings. The maximum Gasteiger partial charge on any atom is 0.181 e. The Morgan fingerprint density at radius 3 is 2.60 bits per heavy atom. The lowest BCUT2D eigenvalue weighted by atomic mass is 9.97. The Balaban J connectivity index is 1.56. The second-order valence-electron chi connectivity index (χ2n) is 8.28. The lowest BCUT2D eigenvalue weighted by Crippen LogP contribution is -2.16. The first kappa shape index (κ1) is 24.4. The highest BCUT2D eigenvalue weighted by atomic mass is 19.1. The van der Waals surface area contributed by atoms with Crippen LogP contribution in [0, 0.1) is 18.6 Å². The maximum absolute atomic E-state index is 14.0. The number of aryl methyl sites for hydroxylation is 2. The van der Waals surface area contributed by atoms with E-state index in [1.165, 1.54) is 19.2 Å². The van der Waals surface area contributed by atoms with E-state index in [4.69, 9.17) is 4.74 Å². The summed E-state index contributed by atoms with van der Waals surface area (Å²) in [5.41, 5.74) is 2.21. The summed E-state index contributed by atoms with van der Waals surface area (Å²) in [5, 5.41) is 20.0. The van der Waals surface area contributed by atoms with Gasteiger partial charge in [-0.25, -0.2) is 13.8 Å². The minimum atomic E-state index is -1.11. The molecule has 182 valence electrons. The fourth-order valence-electron chi connectivity index (χ4n) is 3.98. The number of halogens is 2. The highest BCUT2D eigenvalue weighted by Crippen LogP contribution is 2.26. The lowest BCUT2D eigenvalue weighted by Gasteiger charge is -2.17. The average molecular weight is 481 g/mol. The van der Waals surface area contributed by atoms with Crippen LogP contribution in [0.2, 0.25) is 0 Å². The summed E-state index contributed by atoms with van der Waals surface area (Å²) in [7, 11) is 0. The number of carbonyl (C=O) groups excluding carboxylic acids is 1. The van der Waals surface area contributed by atoms with Crippen molar-refractivity contribution in [3.8, 4) is 5.75 Å². The van der Waals surface area contributed by atoms with E-state index in [-0.39, 0.29) is 30.1 Å². The van der Waals surface area contributed by atoms with Crippen LogP contribution in [0.1, 0.15) is 52.3 Å². The highest BCUT2D eigenvalue weighted by molar-refractivity contribution is 5.96. The van der Waals surface area contributed by atoms with E-state index in [2.05, 4.69) is 9.97 Å². The first-order valence-corrected chi connectivity index (χ1v) is 11.1. The Morgan fingerprint density at radius 1 is 1.14 bits per heavy atom. The summed E-state index contributed by atoms with van der Waals surface area (Å²) in [6.07, 6.45) is 3.10. The summed E-state index contributed by atoms with van der Waals surface area (Å²) >= 11 is 0. The number of pyridine rings is 2. The molecule has 0 saturated heterocycles. The van der Waals surface area contributed by atoms with E-state index < -0.39 is 23.8 Å². The van der Waals surface area contributed by atoms with Crippen molar-refractivity contribution in [1.29, 1.82) is 0 Å². The number of aromatic nitrogens is 3. The van der Waals surface area contributed by atoms with Crippen LogP contribution in [0.25, 0.3) is 5.65 Å². The van der Waals surface area contributed by atoms with Gasteiger partial charge in [0.05, 0.1) is 17.4 Å². The summed E-state index contributed by atoms with van der Waals surface area (Å²) in [6.45, 7) is 2.86. The predicted octanol–water partition coefficient (Wildman–Crippen LogP) is 4.12. The molecule has 0 bridgehead atoms. The van der Waals surface area contributed by atoms with Gasteiger partial charge in [0, 0.05) is 30.6 Å². The van der Waals surface area contributed by atoms with Crippen LogP contribution >= 0.6 is 0 Å². The third-order valence-electron chi connectivity index (χ3n) is 5.83. The average Bonchev–Trinajstić information content (AvgIpc) is 3.18. The minimum Gasteiger partial charge on any atom is -0.485 e. The van der Waals surface area contributed by atoms with Gasteiger partial charge in [0.15, 0.2) is 17.2 Å². The third-order valence-corrected chi connectivity index (χ3v) is 5.83. The number of fused-ring (bicyclic) bond motifs is 1. The van der Waals surface area contributed by atoms with Crippen molar-refractivity contribution in [3.05, 3.63) is 94.7 Å². The monoisotopic (exact) mass is 481 g/mol. The molecule has 0 saturated carbocycles. The number of Topliss-reactive ketones (excluding diaryl/α,β-unsaturated/α-hetero) is 1. The molecule has 0 aliphatic heterocycles. The molecule has 0 unspecified atom stereocenters. The number of hydrogen-bond acceptors (Lipinski definition) is 6. The van der Waals surface area contributed by atoms with E-state index >= 15 is 0 Å². The molecule has 3 heterocycles. The second kappa shape index (κ2) is 10.3. The maximum atomic E-state index is 14.0. The van der Waals surface area contributed by atoms with Gasteiger partial charge >= 0.3 is 0 Å². The first-order chi connectivity index (χ1) is 16.8. The van der Waals surface area contributed by atoms with Crippen LogP contribution in [-0.2, 0) is 13.0 Å². The van der Waals surface area contributed by atoms with Crippen LogP contribution in [0.5, 0.6) is 5.75 Å². The van der Waals surface area contributed by atoms with Gasteiger partial charge in [-0.05, 0) is 56.2 Å². The standard InChI is InChI=1S/C26H25F2N3O4/c1-15-24(22(33)9-8-17-10-11-29-13-18(17)25(34)16(2)32)31-12-4-7-23(26(31)30-15)35-14-19-20(27)5-3-6-21(19)28/h3-7,10-13,16,25,32,34H,8-9,14H2,1-2H3/t16-,25+/m1/s1. The number of aliphatic hydroxyl groups is 2. The number of hydrogen-bond donors (Lipinski definition) is 2. The fourth-order valence-corrected chi connectivity index (χ4v) is 3.98. The van der Waals surface area contributed by atoms with Gasteiger partial charge in [0.2, 0.25) is 0 Å². The van der Waals surface area contributed by atoms with Crippen molar-refractivity contribution in [2.45, 2.75) is 45.5 Å². The SMILES string of the molecule is Cc1nc2c(OCc3c(F)cccc3F)cccn2c1C(=O)CCc1ccncc1[C@@H](O)[C@@H](C)O. The molecule has 4 rings (SSSR count). The fraction of sp³-hybridized carbons (Fsp3) is 0.269. The van der Waals surface area contributed by atoms with E-state index in [1.807, 2.05) is 0 Å². The number of imidazole rings is 1. The molecule has 2 N–H and O–H groups in total. The molecular weight excluding hydrogens is 456 g/mol. The van der Waals surface area contributed by atoms with E-state index in [0.29, 0.717) is 34.6 Å². The second-order valence-corrected chi connectivity index (χ2v) is 8.28. The Morgan fingerprint density at radius 2 is 1.89 bits per heavy atom. The van der Waals surface area contributed by atoms with Crippen molar-refractivity contribution in [2.75, 3.05) is 0 Å². The first-order valence-electron chi connectivity index (χ1n) is 11.1. The number of aliphatic hydroxyl groups excluding tert-OH is 2. The topological polar surface area (TPSA) is 97.0 Å². The molecule has 1 aromatic carbocycles. The molecule has 0 spiro atoms. The molecule has 0 aliphatic carbocycles. The quantitative estimate of drug-likeness (QED) is 0.349. The molecule has 0 amide bonds. The Kier molecular flexibility index (Phi) is 7.18. The lowest BCUT2D eigenvalue weighted by molar-refractivity contribution is 0.0297. The van der Waals surface area contributed by atoms with E-state index in [1.54, 1.807) is 41.9 Å². The van der Waals surface area contributed by atoms with Crippen LogP contribution < -0.4 is 4.74 Å². The number of ketones is 1. The van der Waals surface area contributed by atoms with E-state index in [0.717, 1.165) is 12.1 Å². The number of benzene rings is 1. The van der Waals surface area contributed by atoms with Gasteiger partial charge in [0.1, 0.15) is 30.0 Å². The van der Waals surface area contributed by atoms with Gasteiger partial charge in [-0.15, -0.1) is 0 Å². The molecule has 0 fully saturated rings. The zero-order valence-electron chi connectivity index (χ0n) is 19.3. The zero-order valence-corrected chi connectivity index (χ0v) is 19.3. The van der Waals surface area contributed by atoms with Gasteiger partial charge in [-0.2, -0.15) is 0 Å². The van der Waals surface area contributed by atoms with Gasteiger partial charge in [-0.1, -0.05) is 6.07 Å². The van der Waals surface area contributed by atoms with Crippen molar-refractivity contribution >= 4 is 11.4 Å². The van der Waals surface area contributed by atoms with E-state index in [9.17, 15) is 23.8 Å². The molecule has 35 heavy (non-hydrogen) atoms. The van der Waals surface area contributed by atoms with Gasteiger partial charge in [0.25, 0.3) is 0 Å². The molecule has 3 aromatic heterocycles. The number of nitrogens with zero attached hydrogens (tertiary/aromatic N) is 3. The number of ether oxygens (including phenoxy) is 1. The van der Waals surface area contributed by atoms with Crippen molar-refractivity contribution in [3.63, 3.8) is 0 Å². The summed E-state index contributed by atoms with van der Waals surface area (Å²) in [6, 6.07) is 8.60. The van der Waals surface area contributed by atoms with Gasteiger partial charge < -0.3 is 14.9 Å². The minimum absolute atomic E-state index is 0.129. The summed E-state index contributed by atoms with van der Waals surface area (Å²) in [5.74, 6) is -1.30. The van der Waals surface area contributed by atoms with Crippen LogP contribution in [0.3, 0.4) is 0 Å². The number of rotatable bonds is 9. The Labute approximate surface area is 200 Å². The largest absolute Gasteiger partial charge is 0.485 e. The molecule has 0 aliphatic rings. The number of carbonyl (C=O) groups is 1. The zero-order chi connectivity index (χ0) is 25.1. The van der Waals surface area contributed by atoms with Gasteiger partial charge in [-0.3, -0.25) is 14.2 Å². The van der Waals surface area contributed by atoms with Crippen molar-refractivity contribution in [2.24, 2.45) is 0 Å². The molecule has 0 radical (unpaired) electrons. The van der Waals surface area contributed by atoms with Crippen LogP contribution in [0.15, 0.2) is 55.0 Å². The normalized spacial score (nSPS) is 13.1. The third kappa shape index (κ3) is 5.06. The molecule has 7 nitrogen and oxygen atoms in total. The predicted molar refractivity (Wildman–Crippen MR) is 124 cm³/mol. The van der Waals surface area contributed by atoms with Crippen LogP contribution in [0.4, 0.5) is 8.78 Å². The smallest absolute Gasteiger partial charge is 0.181 e. The van der Waals surface area contributed by atoms with Crippen LogP contribution in [-0.4, -0.2) is 36.5 Å².